The van der Waals surface area contributed by atoms with Gasteiger partial charge in [0.25, 0.3) is 11.8 Å². The predicted molar refractivity (Wildman–Crippen MR) is 110 cm³/mol. The van der Waals surface area contributed by atoms with Gasteiger partial charge in [-0.05, 0) is 35.2 Å². The smallest absolute Gasteiger partial charge is 0.316 e. The molecule has 0 unspecified atom stereocenters. The second kappa shape index (κ2) is 10.2. The van der Waals surface area contributed by atoms with Gasteiger partial charge in [0.1, 0.15) is 6.04 Å². The molecule has 0 aliphatic heterocycles. The summed E-state index contributed by atoms with van der Waals surface area (Å²) in [5.74, 6) is -1.32. The van der Waals surface area contributed by atoms with Gasteiger partial charge in [-0.15, -0.1) is 0 Å². The minimum atomic E-state index is -1.13. The van der Waals surface area contributed by atoms with Crippen molar-refractivity contribution in [2.24, 2.45) is 0 Å². The second-order valence-corrected chi connectivity index (χ2v) is 6.71. The highest BCUT2D eigenvalue weighted by Gasteiger charge is 2.22. The molecule has 2 rings (SSSR count). The summed E-state index contributed by atoms with van der Waals surface area (Å²) in [4.78, 5) is 37.2. The maximum Gasteiger partial charge on any atom is 0.316 e. The van der Waals surface area contributed by atoms with E-state index in [0.29, 0.717) is 5.56 Å². The van der Waals surface area contributed by atoms with Gasteiger partial charge in [-0.3, -0.25) is 14.8 Å². The quantitative estimate of drug-likeness (QED) is 0.421. The third-order valence-electron chi connectivity index (χ3n) is 4.44. The molecule has 0 saturated carbocycles. The van der Waals surface area contributed by atoms with Gasteiger partial charge in [0.2, 0.25) is 0 Å². The highest BCUT2D eigenvalue weighted by Crippen LogP contribution is 2.20. The van der Waals surface area contributed by atoms with Crippen LogP contribution in [0.5, 0.6) is 0 Å². The van der Waals surface area contributed by atoms with E-state index in [0.717, 1.165) is 17.5 Å². The number of hydroxylamine groups is 1. The van der Waals surface area contributed by atoms with Crippen LogP contribution in [-0.4, -0.2) is 54.6 Å². The third kappa shape index (κ3) is 6.05. The number of benzene rings is 2. The van der Waals surface area contributed by atoms with E-state index in [9.17, 15) is 14.4 Å². The van der Waals surface area contributed by atoms with Crippen LogP contribution in [-0.2, 0) is 11.2 Å². The van der Waals surface area contributed by atoms with E-state index in [4.69, 9.17) is 5.21 Å². The molecule has 1 atom stereocenters. The molecule has 2 aromatic rings. The van der Waals surface area contributed by atoms with Crippen molar-refractivity contribution in [2.45, 2.75) is 19.4 Å². The van der Waals surface area contributed by atoms with Crippen LogP contribution < -0.4 is 16.1 Å². The number of rotatable bonds is 7. The lowest BCUT2D eigenvalue weighted by atomic mass is 10.0. The molecule has 8 heteroatoms. The van der Waals surface area contributed by atoms with Crippen molar-refractivity contribution in [3.63, 3.8) is 0 Å². The van der Waals surface area contributed by atoms with Gasteiger partial charge >= 0.3 is 6.03 Å². The molecule has 154 valence electrons. The minimum Gasteiger partial charge on any atom is -0.339 e. The average molecular weight is 398 g/mol. The normalized spacial score (nSPS) is 11.3. The first kappa shape index (κ1) is 21.9. The molecule has 8 nitrogen and oxygen atoms in total. The standard InChI is InChI=1S/C21H26N4O4/c1-4-14-5-7-15(8-6-14)16-9-11-17(12-10-16)19(26)23-18(20(27)24-29)13-22-21(28)25(2)3/h5-12,18,29H,4,13H2,1-3H3,(H,22,28)(H,23,26)(H,24,27)/t18-/m0/s1. The number of aryl methyl sites for hydroxylation is 1. The van der Waals surface area contributed by atoms with Crippen LogP contribution in [0.1, 0.15) is 22.8 Å². The fourth-order valence-corrected chi connectivity index (χ4v) is 2.62. The Hall–Kier alpha value is -3.39. The number of amides is 4. The van der Waals surface area contributed by atoms with E-state index in [1.165, 1.54) is 15.9 Å². The van der Waals surface area contributed by atoms with Crippen molar-refractivity contribution in [1.82, 2.24) is 21.0 Å². The number of nitrogens with one attached hydrogen (secondary N) is 3. The first-order valence-electron chi connectivity index (χ1n) is 9.25. The molecule has 4 N–H and O–H groups in total. The van der Waals surface area contributed by atoms with Gasteiger partial charge < -0.3 is 15.5 Å². The van der Waals surface area contributed by atoms with Crippen LogP contribution in [0, 0.1) is 0 Å². The maximum absolute atomic E-state index is 12.5. The fourth-order valence-electron chi connectivity index (χ4n) is 2.62. The molecule has 4 amide bonds. The van der Waals surface area contributed by atoms with E-state index in [1.807, 2.05) is 24.3 Å². The molecule has 0 aromatic heterocycles. The Kier molecular flexibility index (Phi) is 7.73. The topological polar surface area (TPSA) is 111 Å². The zero-order chi connectivity index (χ0) is 21.4. The van der Waals surface area contributed by atoms with Crippen molar-refractivity contribution in [3.05, 3.63) is 59.7 Å². The predicted octanol–water partition coefficient (Wildman–Crippen LogP) is 1.79. The van der Waals surface area contributed by atoms with Crippen LogP contribution in [0.25, 0.3) is 11.1 Å². The lowest BCUT2D eigenvalue weighted by Gasteiger charge is -2.19. The van der Waals surface area contributed by atoms with Gasteiger partial charge in [-0.25, -0.2) is 10.3 Å². The average Bonchev–Trinajstić information content (AvgIpc) is 2.75. The summed E-state index contributed by atoms with van der Waals surface area (Å²) in [5.41, 5.74) is 5.11. The minimum absolute atomic E-state index is 0.170. The Bertz CT molecular complexity index is 848. The molecule has 0 spiro atoms. The van der Waals surface area contributed by atoms with Gasteiger partial charge in [0.15, 0.2) is 0 Å². The van der Waals surface area contributed by atoms with Crippen LogP contribution in [0.3, 0.4) is 0 Å². The van der Waals surface area contributed by atoms with Crippen molar-refractivity contribution in [3.8, 4) is 11.1 Å². The van der Waals surface area contributed by atoms with Gasteiger partial charge in [0.05, 0.1) is 0 Å². The molecule has 0 radical (unpaired) electrons. The Morgan fingerprint density at radius 2 is 1.52 bits per heavy atom. The molecule has 0 saturated heterocycles. The van der Waals surface area contributed by atoms with Crippen LogP contribution in [0.15, 0.2) is 48.5 Å². The van der Waals surface area contributed by atoms with Crippen LogP contribution >= 0.6 is 0 Å². The lowest BCUT2D eigenvalue weighted by Crippen LogP contribution is -2.53. The van der Waals surface area contributed by atoms with E-state index < -0.39 is 23.9 Å². The molecule has 0 heterocycles. The Morgan fingerprint density at radius 1 is 0.966 bits per heavy atom. The number of hydrogen-bond donors (Lipinski definition) is 4. The third-order valence-corrected chi connectivity index (χ3v) is 4.44. The van der Waals surface area contributed by atoms with E-state index in [2.05, 4.69) is 29.7 Å². The molecule has 0 aliphatic carbocycles. The molecule has 29 heavy (non-hydrogen) atoms. The van der Waals surface area contributed by atoms with Crippen LogP contribution in [0.4, 0.5) is 4.79 Å². The fraction of sp³-hybridized carbons (Fsp3) is 0.286. The lowest BCUT2D eigenvalue weighted by molar-refractivity contribution is -0.131. The summed E-state index contributed by atoms with van der Waals surface area (Å²) in [6.07, 6.45) is 0.969. The highest BCUT2D eigenvalue weighted by molar-refractivity contribution is 5.98. The first-order chi connectivity index (χ1) is 13.8. The largest absolute Gasteiger partial charge is 0.339 e. The zero-order valence-corrected chi connectivity index (χ0v) is 16.7. The van der Waals surface area contributed by atoms with Gasteiger partial charge in [-0.2, -0.15) is 0 Å². The van der Waals surface area contributed by atoms with Crippen molar-refractivity contribution in [1.29, 1.82) is 0 Å². The molecular weight excluding hydrogens is 372 g/mol. The van der Waals surface area contributed by atoms with E-state index in [1.54, 1.807) is 26.2 Å². The summed E-state index contributed by atoms with van der Waals surface area (Å²) in [5, 5.41) is 13.9. The van der Waals surface area contributed by atoms with Crippen molar-refractivity contribution < 1.29 is 19.6 Å². The Labute approximate surface area is 169 Å². The molecule has 0 fully saturated rings. The molecule has 0 aliphatic rings. The second-order valence-electron chi connectivity index (χ2n) is 6.71. The number of carbonyl (C=O) groups excluding carboxylic acids is 3. The zero-order valence-electron chi connectivity index (χ0n) is 16.7. The number of nitrogens with zero attached hydrogens (tertiary/aromatic N) is 1. The summed E-state index contributed by atoms with van der Waals surface area (Å²) in [6.45, 7) is 1.93. The van der Waals surface area contributed by atoms with E-state index in [-0.39, 0.29) is 6.54 Å². The summed E-state index contributed by atoms with van der Waals surface area (Å²) in [7, 11) is 3.10. The van der Waals surface area contributed by atoms with Crippen LogP contribution in [0.2, 0.25) is 0 Å². The van der Waals surface area contributed by atoms with Gasteiger partial charge in [0, 0.05) is 26.2 Å². The SMILES string of the molecule is CCc1ccc(-c2ccc(C(=O)N[C@@H](CNC(=O)N(C)C)C(=O)NO)cc2)cc1. The van der Waals surface area contributed by atoms with Crippen molar-refractivity contribution >= 4 is 17.8 Å². The van der Waals surface area contributed by atoms with Crippen molar-refractivity contribution in [2.75, 3.05) is 20.6 Å². The number of urea groups is 1. The highest BCUT2D eigenvalue weighted by atomic mass is 16.5. The Morgan fingerprint density at radius 3 is 2.00 bits per heavy atom. The number of hydrogen-bond acceptors (Lipinski definition) is 4. The van der Waals surface area contributed by atoms with Gasteiger partial charge in [-0.1, -0.05) is 43.3 Å². The summed E-state index contributed by atoms with van der Waals surface area (Å²) >= 11 is 0. The number of carbonyl (C=O) groups is 3. The molecule has 0 bridgehead atoms. The molecule has 2 aromatic carbocycles. The Balaban J connectivity index is 2.06. The summed E-state index contributed by atoms with van der Waals surface area (Å²) in [6, 6.07) is 13.6. The van der Waals surface area contributed by atoms with E-state index >= 15 is 0 Å². The monoisotopic (exact) mass is 398 g/mol. The maximum atomic E-state index is 12.5. The first-order valence-corrected chi connectivity index (χ1v) is 9.25. The summed E-state index contributed by atoms with van der Waals surface area (Å²) < 4.78 is 0. The molecular formula is C21H26N4O4.